The summed E-state index contributed by atoms with van der Waals surface area (Å²) in [5.74, 6) is -0.896. The average Bonchev–Trinajstić information content (AvgIpc) is 2.81. The van der Waals surface area contributed by atoms with E-state index in [1.165, 1.54) is 0 Å². The van der Waals surface area contributed by atoms with E-state index in [1.54, 1.807) is 7.11 Å². The van der Waals surface area contributed by atoms with Crippen molar-refractivity contribution in [2.45, 2.75) is 32.0 Å². The molecule has 0 aliphatic carbocycles. The lowest BCUT2D eigenvalue weighted by atomic mass is 10.2. The smallest absolute Gasteiger partial charge is 0.314 e. The second-order valence-corrected chi connectivity index (χ2v) is 4.72. The van der Waals surface area contributed by atoms with Crippen molar-refractivity contribution in [2.24, 2.45) is 0 Å². The third-order valence-corrected chi connectivity index (χ3v) is 2.95. The molecule has 1 heterocycles. The second kappa shape index (κ2) is 4.00. The molecule has 0 N–H and O–H groups in total. The Balaban J connectivity index is 1.95. The molecule has 0 bridgehead atoms. The number of hydrogen-bond donors (Lipinski definition) is 0. The third kappa shape index (κ3) is 2.09. The molecule has 1 unspecified atom stereocenters. The number of epoxide rings is 1. The van der Waals surface area contributed by atoms with Crippen molar-refractivity contribution in [3.63, 3.8) is 0 Å². The summed E-state index contributed by atoms with van der Waals surface area (Å²) in [5, 5.41) is 0.716. The van der Waals surface area contributed by atoms with E-state index in [4.69, 9.17) is 25.8 Å². The number of halogens is 1. The Morgan fingerprint density at radius 1 is 1.25 bits per heavy atom. The quantitative estimate of drug-likeness (QED) is 0.601. The summed E-state index contributed by atoms with van der Waals surface area (Å²) in [6.07, 6.45) is 0. The molecular formula is C12H15ClO3. The average molecular weight is 243 g/mol. The number of hydrogen-bond acceptors (Lipinski definition) is 3. The Kier molecular flexibility index (Phi) is 2.97. The van der Waals surface area contributed by atoms with E-state index in [2.05, 4.69) is 0 Å². The third-order valence-electron chi connectivity index (χ3n) is 2.70. The summed E-state index contributed by atoms with van der Waals surface area (Å²) >= 11 is 5.80. The SMILES string of the molecule is COC1(OCc2ccc(Cl)cc2)OC1(C)C. The van der Waals surface area contributed by atoms with Gasteiger partial charge in [0.1, 0.15) is 5.60 Å². The van der Waals surface area contributed by atoms with Crippen LogP contribution in [0.4, 0.5) is 0 Å². The molecule has 1 saturated heterocycles. The van der Waals surface area contributed by atoms with Crippen molar-refractivity contribution in [3.05, 3.63) is 34.9 Å². The molecule has 1 aliphatic rings. The highest BCUT2D eigenvalue weighted by molar-refractivity contribution is 6.30. The molecule has 0 spiro atoms. The molecule has 16 heavy (non-hydrogen) atoms. The van der Waals surface area contributed by atoms with Gasteiger partial charge in [0.15, 0.2) is 0 Å². The molecule has 0 radical (unpaired) electrons. The van der Waals surface area contributed by atoms with Gasteiger partial charge < -0.3 is 14.2 Å². The lowest BCUT2D eigenvalue weighted by Crippen LogP contribution is -2.26. The van der Waals surface area contributed by atoms with E-state index in [0.717, 1.165) is 5.56 Å². The maximum Gasteiger partial charge on any atom is 0.314 e. The van der Waals surface area contributed by atoms with Gasteiger partial charge >= 0.3 is 5.97 Å². The van der Waals surface area contributed by atoms with Gasteiger partial charge in [0.05, 0.1) is 6.61 Å². The molecule has 0 amide bonds. The molecule has 1 aromatic carbocycles. The first-order valence-corrected chi connectivity index (χ1v) is 5.51. The predicted molar refractivity (Wildman–Crippen MR) is 61.1 cm³/mol. The van der Waals surface area contributed by atoms with Crippen LogP contribution in [0.1, 0.15) is 19.4 Å². The zero-order chi connectivity index (χ0) is 11.8. The molecular weight excluding hydrogens is 228 g/mol. The van der Waals surface area contributed by atoms with Crippen LogP contribution < -0.4 is 0 Å². The summed E-state index contributed by atoms with van der Waals surface area (Å²) in [5.41, 5.74) is 0.654. The first-order chi connectivity index (χ1) is 7.49. The lowest BCUT2D eigenvalue weighted by molar-refractivity contribution is -0.221. The zero-order valence-electron chi connectivity index (χ0n) is 9.62. The Morgan fingerprint density at radius 3 is 2.25 bits per heavy atom. The van der Waals surface area contributed by atoms with Gasteiger partial charge in [-0.05, 0) is 31.5 Å². The fourth-order valence-electron chi connectivity index (χ4n) is 1.62. The first-order valence-electron chi connectivity index (χ1n) is 5.13. The normalized spacial score (nSPS) is 26.8. The molecule has 1 fully saturated rings. The number of methoxy groups -OCH3 is 1. The van der Waals surface area contributed by atoms with E-state index in [9.17, 15) is 0 Å². The van der Waals surface area contributed by atoms with Gasteiger partial charge in [0.2, 0.25) is 0 Å². The van der Waals surface area contributed by atoms with E-state index < -0.39 is 5.97 Å². The number of ether oxygens (including phenoxy) is 3. The Hall–Kier alpha value is -0.610. The van der Waals surface area contributed by atoms with Crippen molar-refractivity contribution in [1.82, 2.24) is 0 Å². The van der Waals surface area contributed by atoms with Gasteiger partial charge in [-0.15, -0.1) is 0 Å². The molecule has 2 rings (SSSR count). The van der Waals surface area contributed by atoms with Gasteiger partial charge in [-0.3, -0.25) is 0 Å². The standard InChI is InChI=1S/C12H15ClO3/c1-11(2)12(14-3,16-11)15-8-9-4-6-10(13)7-5-9/h4-7H,8H2,1-3H3. The Labute approximate surface area is 100 Å². The Morgan fingerprint density at radius 2 is 1.81 bits per heavy atom. The van der Waals surface area contributed by atoms with E-state index >= 15 is 0 Å². The molecule has 88 valence electrons. The van der Waals surface area contributed by atoms with Crippen molar-refractivity contribution in [1.29, 1.82) is 0 Å². The lowest BCUT2D eigenvalue weighted by Gasteiger charge is -2.13. The van der Waals surface area contributed by atoms with Gasteiger partial charge in [0, 0.05) is 12.1 Å². The van der Waals surface area contributed by atoms with E-state index in [1.807, 2.05) is 38.1 Å². The summed E-state index contributed by atoms with van der Waals surface area (Å²) in [6, 6.07) is 7.50. The van der Waals surface area contributed by atoms with E-state index in [0.29, 0.717) is 11.6 Å². The fraction of sp³-hybridized carbons (Fsp3) is 0.500. The van der Waals surface area contributed by atoms with Crippen molar-refractivity contribution in [2.75, 3.05) is 7.11 Å². The largest absolute Gasteiger partial charge is 0.329 e. The summed E-state index contributed by atoms with van der Waals surface area (Å²) in [7, 11) is 1.58. The van der Waals surface area contributed by atoms with Crippen molar-refractivity contribution in [3.8, 4) is 0 Å². The fourth-order valence-corrected chi connectivity index (χ4v) is 1.75. The molecule has 1 aliphatic heterocycles. The van der Waals surface area contributed by atoms with Crippen LogP contribution >= 0.6 is 11.6 Å². The maximum absolute atomic E-state index is 5.80. The molecule has 1 aromatic rings. The molecule has 1 atom stereocenters. The summed E-state index contributed by atoms with van der Waals surface area (Å²) < 4.78 is 16.3. The Bertz CT molecular complexity index is 374. The second-order valence-electron chi connectivity index (χ2n) is 4.29. The molecule has 3 nitrogen and oxygen atoms in total. The van der Waals surface area contributed by atoms with Gasteiger partial charge in [0.25, 0.3) is 0 Å². The molecule has 0 aromatic heterocycles. The first kappa shape index (κ1) is 11.9. The van der Waals surface area contributed by atoms with Crippen LogP contribution in [-0.2, 0) is 20.8 Å². The minimum absolute atomic E-state index is 0.381. The predicted octanol–water partition coefficient (Wildman–Crippen LogP) is 2.97. The van der Waals surface area contributed by atoms with Crippen LogP contribution in [0.25, 0.3) is 0 Å². The van der Waals surface area contributed by atoms with Crippen molar-refractivity contribution >= 4 is 11.6 Å². The minimum atomic E-state index is -0.896. The van der Waals surface area contributed by atoms with Crippen LogP contribution in [0.5, 0.6) is 0 Å². The van der Waals surface area contributed by atoms with Gasteiger partial charge in [-0.1, -0.05) is 23.7 Å². The van der Waals surface area contributed by atoms with Crippen LogP contribution in [0.3, 0.4) is 0 Å². The molecule has 4 heteroatoms. The summed E-state index contributed by atoms with van der Waals surface area (Å²) in [6.45, 7) is 4.30. The number of rotatable bonds is 4. The summed E-state index contributed by atoms with van der Waals surface area (Å²) in [4.78, 5) is 0. The highest BCUT2D eigenvalue weighted by atomic mass is 35.5. The van der Waals surface area contributed by atoms with Gasteiger partial charge in [-0.25, -0.2) is 0 Å². The topological polar surface area (TPSA) is 31.0 Å². The minimum Gasteiger partial charge on any atom is -0.329 e. The highest BCUT2D eigenvalue weighted by Gasteiger charge is 2.67. The monoisotopic (exact) mass is 242 g/mol. The number of benzene rings is 1. The zero-order valence-corrected chi connectivity index (χ0v) is 10.4. The highest BCUT2D eigenvalue weighted by Crippen LogP contribution is 2.49. The van der Waals surface area contributed by atoms with Crippen molar-refractivity contribution < 1.29 is 14.2 Å². The van der Waals surface area contributed by atoms with E-state index in [-0.39, 0.29) is 5.60 Å². The maximum atomic E-state index is 5.80. The van der Waals surface area contributed by atoms with Gasteiger partial charge in [-0.2, -0.15) is 0 Å². The van der Waals surface area contributed by atoms with Crippen LogP contribution in [0.15, 0.2) is 24.3 Å². The van der Waals surface area contributed by atoms with Crippen LogP contribution in [-0.4, -0.2) is 18.7 Å². The molecule has 0 saturated carbocycles. The van der Waals surface area contributed by atoms with Crippen LogP contribution in [0, 0.1) is 0 Å². The van der Waals surface area contributed by atoms with Crippen LogP contribution in [0.2, 0.25) is 5.02 Å².